The SMILES string of the molecule is Cc1cccc(C)c1Cn1cnc(C#N)n1. The first-order valence-corrected chi connectivity index (χ1v) is 5.05. The lowest BCUT2D eigenvalue weighted by atomic mass is 10.0. The van der Waals surface area contributed by atoms with E-state index in [-0.39, 0.29) is 5.82 Å². The fourth-order valence-corrected chi connectivity index (χ4v) is 1.68. The second kappa shape index (κ2) is 4.15. The average molecular weight is 212 g/mol. The molecule has 0 atom stereocenters. The lowest BCUT2D eigenvalue weighted by Crippen LogP contribution is -2.04. The van der Waals surface area contributed by atoms with Crippen LogP contribution in [-0.2, 0) is 6.54 Å². The summed E-state index contributed by atoms with van der Waals surface area (Å²) in [5.41, 5.74) is 3.69. The molecule has 1 aromatic heterocycles. The Balaban J connectivity index is 2.31. The molecule has 2 rings (SSSR count). The Kier molecular flexibility index (Phi) is 2.69. The summed E-state index contributed by atoms with van der Waals surface area (Å²) in [6, 6.07) is 8.10. The molecule has 0 spiro atoms. The number of hydrogen-bond donors (Lipinski definition) is 0. The summed E-state index contributed by atoms with van der Waals surface area (Å²) in [4.78, 5) is 3.88. The minimum atomic E-state index is 0.214. The Morgan fingerprint density at radius 3 is 2.56 bits per heavy atom. The van der Waals surface area contributed by atoms with E-state index in [4.69, 9.17) is 5.26 Å². The maximum absolute atomic E-state index is 8.64. The quantitative estimate of drug-likeness (QED) is 0.762. The van der Waals surface area contributed by atoms with E-state index in [0.29, 0.717) is 6.54 Å². The van der Waals surface area contributed by atoms with Crippen LogP contribution in [0.3, 0.4) is 0 Å². The molecule has 0 bridgehead atoms. The van der Waals surface area contributed by atoms with Gasteiger partial charge in [-0.05, 0) is 30.5 Å². The predicted molar refractivity (Wildman–Crippen MR) is 59.8 cm³/mol. The highest BCUT2D eigenvalue weighted by molar-refractivity contribution is 5.33. The Hall–Kier alpha value is -2.15. The van der Waals surface area contributed by atoms with E-state index in [1.807, 2.05) is 12.1 Å². The van der Waals surface area contributed by atoms with Crippen molar-refractivity contribution in [1.29, 1.82) is 5.26 Å². The van der Waals surface area contributed by atoms with Gasteiger partial charge < -0.3 is 0 Å². The van der Waals surface area contributed by atoms with Crippen molar-refractivity contribution in [2.75, 3.05) is 0 Å². The van der Waals surface area contributed by atoms with Crippen molar-refractivity contribution in [1.82, 2.24) is 14.8 Å². The number of nitriles is 1. The van der Waals surface area contributed by atoms with E-state index in [1.54, 1.807) is 11.0 Å². The van der Waals surface area contributed by atoms with Crippen LogP contribution < -0.4 is 0 Å². The number of aryl methyl sites for hydroxylation is 2. The molecule has 0 aliphatic heterocycles. The van der Waals surface area contributed by atoms with Crippen LogP contribution in [-0.4, -0.2) is 14.8 Å². The molecular formula is C12H12N4. The van der Waals surface area contributed by atoms with Crippen LogP contribution in [0.2, 0.25) is 0 Å². The minimum absolute atomic E-state index is 0.214. The highest BCUT2D eigenvalue weighted by Gasteiger charge is 2.05. The third-order valence-electron chi connectivity index (χ3n) is 2.60. The molecule has 2 aromatic rings. The van der Waals surface area contributed by atoms with Crippen LogP contribution in [0.4, 0.5) is 0 Å². The monoisotopic (exact) mass is 212 g/mol. The molecule has 1 aromatic carbocycles. The van der Waals surface area contributed by atoms with E-state index >= 15 is 0 Å². The van der Waals surface area contributed by atoms with E-state index in [2.05, 4.69) is 36.1 Å². The maximum Gasteiger partial charge on any atom is 0.252 e. The standard InChI is InChI=1S/C12H12N4/c1-9-4-3-5-10(2)11(9)7-16-8-14-12(6-13)15-16/h3-5,8H,7H2,1-2H3. The molecule has 0 aliphatic rings. The largest absolute Gasteiger partial charge is 0.252 e. The summed E-state index contributed by atoms with van der Waals surface area (Å²) >= 11 is 0. The molecule has 16 heavy (non-hydrogen) atoms. The molecule has 80 valence electrons. The predicted octanol–water partition coefficient (Wildman–Crippen LogP) is 1.81. The first-order valence-electron chi connectivity index (χ1n) is 5.05. The van der Waals surface area contributed by atoms with Gasteiger partial charge >= 0.3 is 0 Å². The summed E-state index contributed by atoms with van der Waals surface area (Å²) in [5, 5.41) is 12.7. The summed E-state index contributed by atoms with van der Waals surface area (Å²) in [6.07, 6.45) is 1.59. The molecule has 0 aliphatic carbocycles. The maximum atomic E-state index is 8.64. The van der Waals surface area contributed by atoms with Crippen LogP contribution in [0.15, 0.2) is 24.5 Å². The lowest BCUT2D eigenvalue weighted by molar-refractivity contribution is 0.677. The topological polar surface area (TPSA) is 54.5 Å². The van der Waals surface area contributed by atoms with Gasteiger partial charge in [0, 0.05) is 0 Å². The Morgan fingerprint density at radius 1 is 1.31 bits per heavy atom. The van der Waals surface area contributed by atoms with Crippen molar-refractivity contribution in [2.45, 2.75) is 20.4 Å². The summed E-state index contributed by atoms with van der Waals surface area (Å²) < 4.78 is 1.69. The zero-order valence-electron chi connectivity index (χ0n) is 9.31. The summed E-state index contributed by atoms with van der Waals surface area (Å²) in [5.74, 6) is 0.214. The Morgan fingerprint density at radius 2 is 2.00 bits per heavy atom. The van der Waals surface area contributed by atoms with Crippen molar-refractivity contribution in [2.24, 2.45) is 0 Å². The van der Waals surface area contributed by atoms with Crippen LogP contribution in [0.1, 0.15) is 22.5 Å². The van der Waals surface area contributed by atoms with Gasteiger partial charge in [-0.15, -0.1) is 5.10 Å². The van der Waals surface area contributed by atoms with E-state index in [9.17, 15) is 0 Å². The first kappa shape index (κ1) is 10.4. The lowest BCUT2D eigenvalue weighted by Gasteiger charge is -2.08. The first-order chi connectivity index (χ1) is 7.70. The third kappa shape index (κ3) is 1.94. The molecule has 4 nitrogen and oxygen atoms in total. The van der Waals surface area contributed by atoms with Gasteiger partial charge in [0.2, 0.25) is 0 Å². The normalized spacial score (nSPS) is 10.1. The molecule has 4 heteroatoms. The molecule has 1 heterocycles. The van der Waals surface area contributed by atoms with Crippen LogP contribution in [0, 0.1) is 25.2 Å². The van der Waals surface area contributed by atoms with Crippen molar-refractivity contribution < 1.29 is 0 Å². The van der Waals surface area contributed by atoms with Gasteiger partial charge in [0.15, 0.2) is 0 Å². The Labute approximate surface area is 94.2 Å². The van der Waals surface area contributed by atoms with Crippen LogP contribution in [0.25, 0.3) is 0 Å². The van der Waals surface area contributed by atoms with Crippen LogP contribution >= 0.6 is 0 Å². The third-order valence-corrected chi connectivity index (χ3v) is 2.60. The van der Waals surface area contributed by atoms with Crippen molar-refractivity contribution in [3.63, 3.8) is 0 Å². The van der Waals surface area contributed by atoms with Crippen LogP contribution in [0.5, 0.6) is 0 Å². The molecular weight excluding hydrogens is 200 g/mol. The second-order valence-corrected chi connectivity index (χ2v) is 3.75. The number of nitrogens with zero attached hydrogens (tertiary/aromatic N) is 4. The smallest absolute Gasteiger partial charge is 0.247 e. The molecule has 0 saturated carbocycles. The molecule has 0 unspecified atom stereocenters. The molecule has 0 amide bonds. The fraction of sp³-hybridized carbons (Fsp3) is 0.250. The highest BCUT2D eigenvalue weighted by atomic mass is 15.3. The van der Waals surface area contributed by atoms with Gasteiger partial charge in [0.25, 0.3) is 5.82 Å². The highest BCUT2D eigenvalue weighted by Crippen LogP contribution is 2.14. The van der Waals surface area contributed by atoms with Gasteiger partial charge in [0.05, 0.1) is 6.54 Å². The summed E-state index contributed by atoms with van der Waals surface area (Å²) in [7, 11) is 0. The molecule has 0 saturated heterocycles. The average Bonchev–Trinajstić information content (AvgIpc) is 2.71. The zero-order valence-corrected chi connectivity index (χ0v) is 9.31. The Bertz CT molecular complexity index is 528. The molecule has 0 fully saturated rings. The number of hydrogen-bond acceptors (Lipinski definition) is 3. The number of aromatic nitrogens is 3. The van der Waals surface area contributed by atoms with Gasteiger partial charge in [0.1, 0.15) is 12.4 Å². The zero-order chi connectivity index (χ0) is 11.5. The second-order valence-electron chi connectivity index (χ2n) is 3.75. The fourth-order valence-electron chi connectivity index (χ4n) is 1.68. The van der Waals surface area contributed by atoms with Crippen molar-refractivity contribution in [3.05, 3.63) is 47.0 Å². The van der Waals surface area contributed by atoms with Gasteiger partial charge in [-0.2, -0.15) is 5.26 Å². The number of benzene rings is 1. The van der Waals surface area contributed by atoms with Crippen molar-refractivity contribution >= 4 is 0 Å². The van der Waals surface area contributed by atoms with Gasteiger partial charge in [-0.3, -0.25) is 0 Å². The van der Waals surface area contributed by atoms with Crippen molar-refractivity contribution in [3.8, 4) is 6.07 Å². The van der Waals surface area contributed by atoms with Gasteiger partial charge in [-0.1, -0.05) is 18.2 Å². The van der Waals surface area contributed by atoms with E-state index in [0.717, 1.165) is 0 Å². The van der Waals surface area contributed by atoms with Gasteiger partial charge in [-0.25, -0.2) is 9.67 Å². The molecule has 0 N–H and O–H groups in total. The summed E-state index contributed by atoms with van der Waals surface area (Å²) in [6.45, 7) is 4.81. The number of rotatable bonds is 2. The minimum Gasteiger partial charge on any atom is -0.247 e. The van der Waals surface area contributed by atoms with E-state index < -0.39 is 0 Å². The molecule has 0 radical (unpaired) electrons. The van der Waals surface area contributed by atoms with E-state index in [1.165, 1.54) is 16.7 Å².